The molecule has 0 fully saturated rings. The molecule has 0 saturated carbocycles. The lowest BCUT2D eigenvalue weighted by Gasteiger charge is -2.12. The molecule has 2 rings (SSSR count). The van der Waals surface area contributed by atoms with E-state index in [-0.39, 0.29) is 11.6 Å². The first-order valence-electron chi connectivity index (χ1n) is 5.42. The van der Waals surface area contributed by atoms with Crippen LogP contribution >= 0.6 is 0 Å². The van der Waals surface area contributed by atoms with Gasteiger partial charge >= 0.3 is 0 Å². The first kappa shape index (κ1) is 11.8. The van der Waals surface area contributed by atoms with E-state index in [0.29, 0.717) is 18.7 Å². The van der Waals surface area contributed by atoms with Gasteiger partial charge in [-0.1, -0.05) is 0 Å². The van der Waals surface area contributed by atoms with E-state index in [1.807, 2.05) is 6.92 Å². The Labute approximate surface area is 98.6 Å². The highest BCUT2D eigenvalue weighted by Crippen LogP contribution is 2.00. The zero-order valence-corrected chi connectivity index (χ0v) is 9.96. The molecule has 0 saturated heterocycles. The van der Waals surface area contributed by atoms with E-state index in [1.54, 1.807) is 34.7 Å². The van der Waals surface area contributed by atoms with E-state index < -0.39 is 0 Å². The lowest BCUT2D eigenvalue weighted by molar-refractivity contribution is 0.173. The topological polar surface area (TPSA) is 74.6 Å². The number of ether oxygens (including phenoxy) is 1. The number of methoxy groups -OCH3 is 1. The van der Waals surface area contributed by atoms with Crippen molar-refractivity contribution in [3.05, 3.63) is 34.5 Å². The van der Waals surface area contributed by atoms with Gasteiger partial charge in [0.1, 0.15) is 5.52 Å². The Kier molecular flexibility index (Phi) is 3.26. The molecule has 0 aliphatic heterocycles. The van der Waals surface area contributed by atoms with Crippen molar-refractivity contribution in [3.8, 4) is 0 Å². The van der Waals surface area contributed by atoms with E-state index in [1.165, 1.54) is 0 Å². The minimum absolute atomic E-state index is 0.0837. The van der Waals surface area contributed by atoms with Gasteiger partial charge in [-0.15, -0.1) is 0 Å². The fourth-order valence-electron chi connectivity index (χ4n) is 1.81. The van der Waals surface area contributed by atoms with Crippen molar-refractivity contribution in [2.45, 2.75) is 19.5 Å². The molecule has 0 aromatic carbocycles. The lowest BCUT2D eigenvalue weighted by atomic mass is 10.3. The third-order valence-corrected chi connectivity index (χ3v) is 2.54. The van der Waals surface area contributed by atoms with Gasteiger partial charge < -0.3 is 15.0 Å². The minimum Gasteiger partial charge on any atom is -0.383 e. The smallest absolute Gasteiger partial charge is 0.276 e. The molecule has 2 N–H and O–H groups in total. The van der Waals surface area contributed by atoms with Gasteiger partial charge in [0.05, 0.1) is 12.3 Å². The van der Waals surface area contributed by atoms with Crippen LogP contribution in [0.5, 0.6) is 0 Å². The van der Waals surface area contributed by atoms with Crippen LogP contribution in [0.4, 0.5) is 0 Å². The second kappa shape index (κ2) is 4.68. The molecule has 6 nitrogen and oxygen atoms in total. The molecule has 0 spiro atoms. The molecule has 17 heavy (non-hydrogen) atoms. The van der Waals surface area contributed by atoms with Gasteiger partial charge in [-0.3, -0.25) is 4.79 Å². The van der Waals surface area contributed by atoms with Crippen molar-refractivity contribution in [2.75, 3.05) is 13.7 Å². The molecule has 2 heterocycles. The largest absolute Gasteiger partial charge is 0.383 e. The summed E-state index contributed by atoms with van der Waals surface area (Å²) >= 11 is 0. The normalized spacial score (nSPS) is 13.1. The predicted molar refractivity (Wildman–Crippen MR) is 64.0 cm³/mol. The monoisotopic (exact) mass is 236 g/mol. The number of rotatable bonds is 4. The van der Waals surface area contributed by atoms with E-state index >= 15 is 0 Å². The maximum atomic E-state index is 12.1. The summed E-state index contributed by atoms with van der Waals surface area (Å²) < 4.78 is 8.11. The Balaban J connectivity index is 2.35. The SMILES string of the molecule is COCC(N)Cn1ccn2nc(C)cc2c1=O. The zero-order chi connectivity index (χ0) is 12.4. The van der Waals surface area contributed by atoms with Crippen LogP contribution in [-0.4, -0.2) is 33.9 Å². The van der Waals surface area contributed by atoms with Crippen LogP contribution in [0.1, 0.15) is 5.69 Å². The number of fused-ring (bicyclic) bond motifs is 1. The van der Waals surface area contributed by atoms with Crippen LogP contribution in [0.15, 0.2) is 23.3 Å². The van der Waals surface area contributed by atoms with Crippen LogP contribution in [0.2, 0.25) is 0 Å². The van der Waals surface area contributed by atoms with Crippen molar-refractivity contribution < 1.29 is 4.74 Å². The zero-order valence-electron chi connectivity index (χ0n) is 9.96. The second-order valence-electron chi connectivity index (χ2n) is 4.09. The maximum absolute atomic E-state index is 12.1. The number of aryl methyl sites for hydroxylation is 1. The summed E-state index contributed by atoms with van der Waals surface area (Å²) in [6, 6.07) is 1.57. The highest BCUT2D eigenvalue weighted by Gasteiger charge is 2.08. The number of nitrogens with zero attached hydrogens (tertiary/aromatic N) is 3. The molecule has 2 aromatic rings. The van der Waals surface area contributed by atoms with Crippen molar-refractivity contribution in [1.29, 1.82) is 0 Å². The molecule has 2 aromatic heterocycles. The summed E-state index contributed by atoms with van der Waals surface area (Å²) in [4.78, 5) is 12.1. The molecular formula is C11H16N4O2. The highest BCUT2D eigenvalue weighted by molar-refractivity contribution is 5.44. The van der Waals surface area contributed by atoms with Crippen LogP contribution < -0.4 is 11.3 Å². The van der Waals surface area contributed by atoms with E-state index in [2.05, 4.69) is 5.10 Å². The molecule has 0 radical (unpaired) electrons. The molecule has 0 aliphatic carbocycles. The van der Waals surface area contributed by atoms with Crippen LogP contribution in [0, 0.1) is 6.92 Å². The molecule has 1 atom stereocenters. The Morgan fingerprint density at radius 2 is 2.29 bits per heavy atom. The van der Waals surface area contributed by atoms with Crippen molar-refractivity contribution in [2.24, 2.45) is 5.73 Å². The van der Waals surface area contributed by atoms with E-state index in [4.69, 9.17) is 10.5 Å². The summed E-state index contributed by atoms with van der Waals surface area (Å²) in [7, 11) is 1.59. The maximum Gasteiger partial charge on any atom is 0.276 e. The van der Waals surface area contributed by atoms with Gasteiger partial charge in [0.25, 0.3) is 5.56 Å². The third kappa shape index (κ3) is 2.37. The molecule has 1 unspecified atom stereocenters. The molecular weight excluding hydrogens is 220 g/mol. The Bertz CT molecular complexity index is 572. The van der Waals surface area contributed by atoms with Crippen LogP contribution in [0.25, 0.3) is 5.52 Å². The second-order valence-corrected chi connectivity index (χ2v) is 4.09. The van der Waals surface area contributed by atoms with Crippen LogP contribution in [0.3, 0.4) is 0 Å². The molecule has 6 heteroatoms. The molecule has 0 amide bonds. The van der Waals surface area contributed by atoms with Gasteiger partial charge in [0.2, 0.25) is 0 Å². The summed E-state index contributed by atoms with van der Waals surface area (Å²) in [6.07, 6.45) is 3.44. The quantitative estimate of drug-likeness (QED) is 0.796. The Morgan fingerprint density at radius 3 is 3.00 bits per heavy atom. The van der Waals surface area contributed by atoms with E-state index in [9.17, 15) is 4.79 Å². The summed E-state index contributed by atoms with van der Waals surface area (Å²) in [6.45, 7) is 2.72. The first-order chi connectivity index (χ1) is 8.11. The first-order valence-corrected chi connectivity index (χ1v) is 5.42. The van der Waals surface area contributed by atoms with Gasteiger partial charge in [0.15, 0.2) is 0 Å². The minimum atomic E-state index is -0.191. The Morgan fingerprint density at radius 1 is 1.53 bits per heavy atom. The van der Waals surface area contributed by atoms with Crippen molar-refractivity contribution in [1.82, 2.24) is 14.2 Å². The average Bonchev–Trinajstić information content (AvgIpc) is 2.64. The molecule has 92 valence electrons. The van der Waals surface area contributed by atoms with Gasteiger partial charge in [-0.05, 0) is 13.0 Å². The third-order valence-electron chi connectivity index (χ3n) is 2.54. The summed E-state index contributed by atoms with van der Waals surface area (Å²) in [5.74, 6) is 0. The fourth-order valence-corrected chi connectivity index (χ4v) is 1.81. The van der Waals surface area contributed by atoms with Crippen LogP contribution in [-0.2, 0) is 11.3 Å². The fraction of sp³-hybridized carbons (Fsp3) is 0.455. The van der Waals surface area contributed by atoms with Gasteiger partial charge in [0, 0.05) is 32.1 Å². The summed E-state index contributed by atoms with van der Waals surface area (Å²) in [5, 5.41) is 4.18. The lowest BCUT2D eigenvalue weighted by Crippen LogP contribution is -2.35. The number of hydrogen-bond donors (Lipinski definition) is 1. The highest BCUT2D eigenvalue weighted by atomic mass is 16.5. The van der Waals surface area contributed by atoms with Crippen molar-refractivity contribution >= 4 is 5.52 Å². The van der Waals surface area contributed by atoms with E-state index in [0.717, 1.165) is 5.69 Å². The number of nitrogens with two attached hydrogens (primary N) is 1. The number of aromatic nitrogens is 3. The predicted octanol–water partition coefficient (Wildman–Crippen LogP) is -0.222. The summed E-state index contributed by atoms with van der Waals surface area (Å²) in [5.41, 5.74) is 7.13. The molecule has 0 aliphatic rings. The molecule has 0 bridgehead atoms. The van der Waals surface area contributed by atoms with Gasteiger partial charge in [-0.2, -0.15) is 5.10 Å². The number of hydrogen-bond acceptors (Lipinski definition) is 4. The van der Waals surface area contributed by atoms with Gasteiger partial charge in [-0.25, -0.2) is 4.52 Å². The standard InChI is InChI=1S/C11H16N4O2/c1-8-5-10-11(16)14(3-4-15(10)13-8)6-9(12)7-17-2/h3-5,9H,6-7,12H2,1-2H3. The average molecular weight is 236 g/mol. The van der Waals surface area contributed by atoms with Crippen molar-refractivity contribution in [3.63, 3.8) is 0 Å². The Hall–Kier alpha value is -1.66.